The molecule has 0 amide bonds. The van der Waals surface area contributed by atoms with Gasteiger partial charge in [0.2, 0.25) is 0 Å². The summed E-state index contributed by atoms with van der Waals surface area (Å²) in [5, 5.41) is 6.60. The third kappa shape index (κ3) is 8.24. The highest BCUT2D eigenvalue weighted by atomic mass is 127. The van der Waals surface area contributed by atoms with Crippen molar-refractivity contribution in [3.63, 3.8) is 0 Å². The average Bonchev–Trinajstić information content (AvgIpc) is 3.09. The molecule has 0 aliphatic carbocycles. The maximum Gasteiger partial charge on any atom is 0.191 e. The van der Waals surface area contributed by atoms with Crippen molar-refractivity contribution in [2.75, 3.05) is 26.2 Å². The smallest absolute Gasteiger partial charge is 0.191 e. The van der Waals surface area contributed by atoms with E-state index in [2.05, 4.69) is 39.5 Å². The molecule has 2 aromatic rings. The second-order valence-corrected chi connectivity index (χ2v) is 5.12. The minimum Gasteiger partial charge on any atom is -0.494 e. The Bertz CT molecular complexity index is 558. The topological polar surface area (TPSA) is 50.6 Å². The van der Waals surface area contributed by atoms with Crippen molar-refractivity contribution in [3.8, 4) is 5.75 Å². The highest BCUT2D eigenvalue weighted by Gasteiger charge is 1.97. The number of halogens is 1. The van der Waals surface area contributed by atoms with Crippen molar-refractivity contribution in [1.82, 2.24) is 15.2 Å². The van der Waals surface area contributed by atoms with Gasteiger partial charge in [-0.1, -0.05) is 18.2 Å². The molecule has 1 heterocycles. The lowest BCUT2D eigenvalue weighted by Gasteiger charge is -2.12. The molecule has 2 N–H and O–H groups in total. The van der Waals surface area contributed by atoms with Crippen LogP contribution in [-0.4, -0.2) is 36.8 Å². The van der Waals surface area contributed by atoms with Gasteiger partial charge in [0.15, 0.2) is 5.96 Å². The lowest BCUT2D eigenvalue weighted by atomic mass is 10.3. The minimum atomic E-state index is 0. The molecule has 6 heteroatoms. The normalized spacial score (nSPS) is 10.8. The predicted molar refractivity (Wildman–Crippen MR) is 110 cm³/mol. The van der Waals surface area contributed by atoms with Gasteiger partial charge in [-0.2, -0.15) is 0 Å². The molecule has 0 saturated heterocycles. The third-order valence-corrected chi connectivity index (χ3v) is 3.26. The number of rotatable bonds is 9. The maximum absolute atomic E-state index is 5.66. The van der Waals surface area contributed by atoms with Crippen LogP contribution in [0.2, 0.25) is 0 Å². The van der Waals surface area contributed by atoms with E-state index in [0.29, 0.717) is 6.61 Å². The van der Waals surface area contributed by atoms with Gasteiger partial charge < -0.3 is 19.9 Å². The Morgan fingerprint density at radius 3 is 2.54 bits per heavy atom. The maximum atomic E-state index is 5.66. The molecule has 0 atom stereocenters. The van der Waals surface area contributed by atoms with Crippen LogP contribution in [-0.2, 0) is 6.54 Å². The summed E-state index contributed by atoms with van der Waals surface area (Å²) in [5.74, 6) is 1.77. The highest BCUT2D eigenvalue weighted by molar-refractivity contribution is 14.0. The van der Waals surface area contributed by atoms with Crippen LogP contribution in [0.5, 0.6) is 5.75 Å². The number of para-hydroxylation sites is 1. The Labute approximate surface area is 161 Å². The highest BCUT2D eigenvalue weighted by Crippen LogP contribution is 2.08. The fourth-order valence-corrected chi connectivity index (χ4v) is 2.13. The number of aromatic nitrogens is 1. The zero-order valence-corrected chi connectivity index (χ0v) is 16.5. The van der Waals surface area contributed by atoms with Crippen LogP contribution in [0.25, 0.3) is 0 Å². The molecule has 0 aliphatic heterocycles. The Kier molecular flexibility index (Phi) is 10.8. The van der Waals surface area contributed by atoms with Crippen molar-refractivity contribution in [2.24, 2.45) is 4.99 Å². The zero-order valence-electron chi connectivity index (χ0n) is 14.1. The van der Waals surface area contributed by atoms with Crippen molar-refractivity contribution in [3.05, 3.63) is 54.9 Å². The summed E-state index contributed by atoms with van der Waals surface area (Å²) in [7, 11) is 0. The van der Waals surface area contributed by atoms with Crippen LogP contribution < -0.4 is 15.4 Å². The monoisotopic (exact) mass is 442 g/mol. The quantitative estimate of drug-likeness (QED) is 0.272. The molecule has 0 fully saturated rings. The van der Waals surface area contributed by atoms with Gasteiger partial charge in [0, 0.05) is 45.0 Å². The number of guanidine groups is 1. The van der Waals surface area contributed by atoms with Gasteiger partial charge in [-0.25, -0.2) is 0 Å². The van der Waals surface area contributed by atoms with Crippen molar-refractivity contribution < 1.29 is 4.74 Å². The summed E-state index contributed by atoms with van der Waals surface area (Å²) in [5.41, 5.74) is 0. The van der Waals surface area contributed by atoms with E-state index < -0.39 is 0 Å². The summed E-state index contributed by atoms with van der Waals surface area (Å²) < 4.78 is 7.81. The van der Waals surface area contributed by atoms with E-state index in [0.717, 1.165) is 44.3 Å². The largest absolute Gasteiger partial charge is 0.494 e. The molecular weight excluding hydrogens is 415 g/mol. The zero-order chi connectivity index (χ0) is 16.2. The molecular formula is C18H27IN4O. The number of benzene rings is 1. The van der Waals surface area contributed by atoms with Crippen molar-refractivity contribution >= 4 is 29.9 Å². The number of hydrogen-bond acceptors (Lipinski definition) is 2. The molecule has 0 spiro atoms. The first-order valence-corrected chi connectivity index (χ1v) is 8.19. The van der Waals surface area contributed by atoms with E-state index >= 15 is 0 Å². The van der Waals surface area contributed by atoms with E-state index in [4.69, 9.17) is 4.74 Å². The van der Waals surface area contributed by atoms with E-state index in [1.165, 1.54) is 0 Å². The number of aliphatic imine (C=N–C) groups is 1. The van der Waals surface area contributed by atoms with E-state index in [1.54, 1.807) is 0 Å². The van der Waals surface area contributed by atoms with E-state index in [9.17, 15) is 0 Å². The van der Waals surface area contributed by atoms with Crippen LogP contribution in [0.4, 0.5) is 0 Å². The van der Waals surface area contributed by atoms with Gasteiger partial charge >= 0.3 is 0 Å². The summed E-state index contributed by atoms with van der Waals surface area (Å²) in [6.07, 6.45) is 5.02. The average molecular weight is 442 g/mol. The van der Waals surface area contributed by atoms with Gasteiger partial charge in [0.25, 0.3) is 0 Å². The summed E-state index contributed by atoms with van der Waals surface area (Å²) >= 11 is 0. The van der Waals surface area contributed by atoms with Crippen LogP contribution in [0, 0.1) is 0 Å². The Hall–Kier alpha value is -1.70. The van der Waals surface area contributed by atoms with Gasteiger partial charge in [-0.05, 0) is 31.2 Å². The fourth-order valence-electron chi connectivity index (χ4n) is 2.13. The first-order valence-electron chi connectivity index (χ1n) is 8.19. The number of nitrogens with zero attached hydrogens (tertiary/aromatic N) is 2. The lowest BCUT2D eigenvalue weighted by Crippen LogP contribution is -2.38. The SMILES string of the molecule is CCNC(=NCCCOc1ccccc1)NCCn1cccc1.I. The summed E-state index contributed by atoms with van der Waals surface area (Å²) in [6, 6.07) is 13.9. The Balaban J connectivity index is 0.00000288. The van der Waals surface area contributed by atoms with Gasteiger partial charge in [0.05, 0.1) is 6.61 Å². The molecule has 0 saturated carbocycles. The Morgan fingerprint density at radius 2 is 1.83 bits per heavy atom. The molecule has 1 aromatic heterocycles. The summed E-state index contributed by atoms with van der Waals surface area (Å²) in [6.45, 7) is 6.12. The number of nitrogens with one attached hydrogen (secondary N) is 2. The molecule has 1 aromatic carbocycles. The van der Waals surface area contributed by atoms with Crippen molar-refractivity contribution in [1.29, 1.82) is 0 Å². The molecule has 24 heavy (non-hydrogen) atoms. The molecule has 132 valence electrons. The van der Waals surface area contributed by atoms with E-state index in [-0.39, 0.29) is 24.0 Å². The second-order valence-electron chi connectivity index (χ2n) is 5.12. The molecule has 5 nitrogen and oxygen atoms in total. The van der Waals surface area contributed by atoms with Gasteiger partial charge in [-0.3, -0.25) is 4.99 Å². The molecule has 0 unspecified atom stereocenters. The minimum absolute atomic E-state index is 0. The third-order valence-electron chi connectivity index (χ3n) is 3.26. The predicted octanol–water partition coefficient (Wildman–Crippen LogP) is 3.13. The molecule has 0 radical (unpaired) electrons. The molecule has 0 aliphatic rings. The molecule has 0 bridgehead atoms. The lowest BCUT2D eigenvalue weighted by molar-refractivity contribution is 0.313. The van der Waals surface area contributed by atoms with Crippen molar-refractivity contribution in [2.45, 2.75) is 19.9 Å². The van der Waals surface area contributed by atoms with Gasteiger partial charge in [0.1, 0.15) is 5.75 Å². The number of hydrogen-bond donors (Lipinski definition) is 2. The van der Waals surface area contributed by atoms with Crippen LogP contribution in [0.15, 0.2) is 59.9 Å². The van der Waals surface area contributed by atoms with E-state index in [1.807, 2.05) is 42.5 Å². The second kappa shape index (κ2) is 12.7. The van der Waals surface area contributed by atoms with Gasteiger partial charge in [-0.15, -0.1) is 24.0 Å². The standard InChI is InChI=1S/C18H26N4O.HI/c1-2-19-18(21-12-15-22-13-6-7-14-22)20-11-8-16-23-17-9-4-3-5-10-17;/h3-7,9-10,13-14H,2,8,11-12,15-16H2,1H3,(H2,19,20,21);1H. The first kappa shape index (κ1) is 20.3. The number of ether oxygens (including phenoxy) is 1. The fraction of sp³-hybridized carbons (Fsp3) is 0.389. The Morgan fingerprint density at radius 1 is 1.08 bits per heavy atom. The van der Waals surface area contributed by atoms with Crippen LogP contribution in [0.1, 0.15) is 13.3 Å². The van der Waals surface area contributed by atoms with Crippen LogP contribution in [0.3, 0.4) is 0 Å². The van der Waals surface area contributed by atoms with Crippen LogP contribution >= 0.6 is 24.0 Å². The first-order chi connectivity index (χ1) is 11.4. The molecule has 2 rings (SSSR count). The summed E-state index contributed by atoms with van der Waals surface area (Å²) in [4.78, 5) is 4.57.